The molecule has 2 N–H and O–H groups in total. The minimum atomic E-state index is -0.535. The molecule has 0 radical (unpaired) electrons. The first kappa shape index (κ1) is 21.5. The number of carbonyl (C=O) groups excluding carboxylic acids is 2. The molecule has 1 heterocycles. The topological polar surface area (TPSA) is 71.1 Å². The molecule has 0 unspecified atom stereocenters. The van der Waals surface area contributed by atoms with Crippen molar-refractivity contribution in [3.8, 4) is 11.1 Å². The zero-order chi connectivity index (χ0) is 22.1. The van der Waals surface area contributed by atoms with Crippen molar-refractivity contribution in [2.24, 2.45) is 5.41 Å². The van der Waals surface area contributed by atoms with Crippen LogP contribution in [0.5, 0.6) is 0 Å². The number of hydrogen-bond acceptors (Lipinski definition) is 3. The fraction of sp³-hybridized carbons (Fsp3) is 0.320. The van der Waals surface area contributed by atoms with E-state index in [0.29, 0.717) is 11.3 Å². The minimum Gasteiger partial charge on any atom is -0.347 e. The summed E-state index contributed by atoms with van der Waals surface area (Å²) in [7, 11) is 0. The molecule has 0 saturated heterocycles. The summed E-state index contributed by atoms with van der Waals surface area (Å²) in [5, 5.41) is 6.87. The van der Waals surface area contributed by atoms with Crippen LogP contribution in [0.1, 0.15) is 51.9 Å². The third-order valence-corrected chi connectivity index (χ3v) is 4.65. The molecule has 0 spiro atoms. The molecule has 2 aromatic carbocycles. The van der Waals surface area contributed by atoms with Gasteiger partial charge in [0.1, 0.15) is 0 Å². The van der Waals surface area contributed by atoms with Crippen LogP contribution in [-0.2, 0) is 4.79 Å². The SMILES string of the molecule is CC(C)(C)NC(=O)c1c(-c2ccccc2NC(=O)C(C)(C)C)ccc2ncccc12. The summed E-state index contributed by atoms with van der Waals surface area (Å²) in [6.07, 6.45) is 1.71. The van der Waals surface area contributed by atoms with Gasteiger partial charge in [-0.05, 0) is 44.5 Å². The van der Waals surface area contributed by atoms with Crippen molar-refractivity contribution in [3.05, 3.63) is 60.3 Å². The summed E-state index contributed by atoms with van der Waals surface area (Å²) in [6, 6.07) is 15.1. The third-order valence-electron chi connectivity index (χ3n) is 4.65. The van der Waals surface area contributed by atoms with E-state index >= 15 is 0 Å². The number of nitrogens with one attached hydrogen (secondary N) is 2. The third kappa shape index (κ3) is 4.67. The van der Waals surface area contributed by atoms with E-state index in [9.17, 15) is 9.59 Å². The van der Waals surface area contributed by atoms with Gasteiger partial charge in [0.05, 0.1) is 11.1 Å². The number of hydrogen-bond donors (Lipinski definition) is 2. The maximum atomic E-state index is 13.3. The molecule has 0 saturated carbocycles. The Hall–Kier alpha value is -3.21. The van der Waals surface area contributed by atoms with Crippen molar-refractivity contribution in [2.75, 3.05) is 5.32 Å². The minimum absolute atomic E-state index is 0.0851. The Morgan fingerprint density at radius 1 is 0.833 bits per heavy atom. The van der Waals surface area contributed by atoms with Crippen LogP contribution < -0.4 is 10.6 Å². The summed E-state index contributed by atoms with van der Waals surface area (Å²) in [5.41, 5.74) is 2.59. The monoisotopic (exact) mass is 403 g/mol. The lowest BCUT2D eigenvalue weighted by Gasteiger charge is -2.23. The number of para-hydroxylation sites is 1. The van der Waals surface area contributed by atoms with Crippen molar-refractivity contribution in [1.29, 1.82) is 0 Å². The van der Waals surface area contributed by atoms with Crippen LogP contribution >= 0.6 is 0 Å². The molecule has 0 aliphatic rings. The van der Waals surface area contributed by atoms with Crippen LogP contribution in [-0.4, -0.2) is 22.3 Å². The number of amides is 2. The van der Waals surface area contributed by atoms with Gasteiger partial charge in [-0.15, -0.1) is 0 Å². The Morgan fingerprint density at radius 3 is 2.20 bits per heavy atom. The van der Waals surface area contributed by atoms with Crippen molar-refractivity contribution < 1.29 is 9.59 Å². The fourth-order valence-electron chi connectivity index (χ4n) is 3.16. The zero-order valence-electron chi connectivity index (χ0n) is 18.5. The molecular weight excluding hydrogens is 374 g/mol. The first-order valence-electron chi connectivity index (χ1n) is 10.1. The molecule has 3 rings (SSSR count). The van der Waals surface area contributed by atoms with Crippen LogP contribution in [0.2, 0.25) is 0 Å². The average molecular weight is 404 g/mol. The number of pyridine rings is 1. The lowest BCUT2D eigenvalue weighted by atomic mass is 9.92. The summed E-state index contributed by atoms with van der Waals surface area (Å²) < 4.78 is 0. The van der Waals surface area contributed by atoms with E-state index in [2.05, 4.69) is 15.6 Å². The van der Waals surface area contributed by atoms with E-state index in [-0.39, 0.29) is 11.8 Å². The lowest BCUT2D eigenvalue weighted by molar-refractivity contribution is -0.123. The molecule has 30 heavy (non-hydrogen) atoms. The van der Waals surface area contributed by atoms with Crippen molar-refractivity contribution >= 4 is 28.4 Å². The summed E-state index contributed by atoms with van der Waals surface area (Å²) in [4.78, 5) is 30.4. The molecule has 2 amide bonds. The van der Waals surface area contributed by atoms with Gasteiger partial charge in [-0.3, -0.25) is 14.6 Å². The summed E-state index contributed by atoms with van der Waals surface area (Å²) in [5.74, 6) is -0.258. The van der Waals surface area contributed by atoms with E-state index in [4.69, 9.17) is 0 Å². The Morgan fingerprint density at radius 2 is 1.53 bits per heavy atom. The number of carbonyl (C=O) groups is 2. The highest BCUT2D eigenvalue weighted by molar-refractivity contribution is 6.13. The van der Waals surface area contributed by atoms with Gasteiger partial charge in [0.15, 0.2) is 0 Å². The van der Waals surface area contributed by atoms with Gasteiger partial charge >= 0.3 is 0 Å². The molecule has 5 nitrogen and oxygen atoms in total. The van der Waals surface area contributed by atoms with Crippen LogP contribution in [0.15, 0.2) is 54.7 Å². The normalized spacial score (nSPS) is 11.9. The summed E-state index contributed by atoms with van der Waals surface area (Å²) in [6.45, 7) is 11.5. The molecule has 1 aromatic heterocycles. The predicted octanol–water partition coefficient (Wildman–Crippen LogP) is 5.41. The van der Waals surface area contributed by atoms with Crippen LogP contribution in [0.4, 0.5) is 5.69 Å². The Bertz CT molecular complexity index is 1110. The average Bonchev–Trinajstić information content (AvgIpc) is 2.65. The molecule has 5 heteroatoms. The Labute approximate surface area is 177 Å². The zero-order valence-corrected chi connectivity index (χ0v) is 18.5. The fourth-order valence-corrected chi connectivity index (χ4v) is 3.16. The Kier molecular flexibility index (Phi) is 5.66. The van der Waals surface area contributed by atoms with Gasteiger partial charge in [-0.25, -0.2) is 0 Å². The number of rotatable bonds is 3. The standard InChI is InChI=1S/C25H29N3O2/c1-24(2,3)23(30)27-20-12-8-7-10-16(20)17-13-14-19-18(11-9-15-26-19)21(17)22(29)28-25(4,5)6/h7-15H,1-6H3,(H,27,30)(H,28,29). The van der Waals surface area contributed by atoms with Crippen LogP contribution in [0.3, 0.4) is 0 Å². The molecular formula is C25H29N3O2. The second-order valence-corrected chi connectivity index (χ2v) is 9.51. The molecule has 0 fully saturated rings. The highest BCUT2D eigenvalue weighted by Gasteiger charge is 2.25. The number of benzene rings is 2. The molecule has 0 atom stereocenters. The lowest BCUT2D eigenvalue weighted by Crippen LogP contribution is -2.40. The van der Waals surface area contributed by atoms with Gasteiger partial charge in [0, 0.05) is 33.8 Å². The highest BCUT2D eigenvalue weighted by atomic mass is 16.2. The van der Waals surface area contributed by atoms with E-state index in [1.807, 2.05) is 90.1 Å². The van der Waals surface area contributed by atoms with Crippen molar-refractivity contribution in [3.63, 3.8) is 0 Å². The number of nitrogens with zero attached hydrogens (tertiary/aromatic N) is 1. The van der Waals surface area contributed by atoms with Crippen LogP contribution in [0.25, 0.3) is 22.0 Å². The van der Waals surface area contributed by atoms with E-state index < -0.39 is 11.0 Å². The number of anilines is 1. The predicted molar refractivity (Wildman–Crippen MR) is 122 cm³/mol. The van der Waals surface area contributed by atoms with Crippen LogP contribution in [0, 0.1) is 5.41 Å². The van der Waals surface area contributed by atoms with Crippen molar-refractivity contribution in [1.82, 2.24) is 10.3 Å². The van der Waals surface area contributed by atoms with Gasteiger partial charge in [-0.1, -0.05) is 51.1 Å². The summed E-state index contributed by atoms with van der Waals surface area (Å²) >= 11 is 0. The second-order valence-electron chi connectivity index (χ2n) is 9.51. The van der Waals surface area contributed by atoms with Gasteiger partial charge in [0.2, 0.25) is 5.91 Å². The number of aromatic nitrogens is 1. The maximum Gasteiger partial charge on any atom is 0.253 e. The van der Waals surface area contributed by atoms with Crippen molar-refractivity contribution in [2.45, 2.75) is 47.1 Å². The van der Waals surface area contributed by atoms with Gasteiger partial charge in [0.25, 0.3) is 5.91 Å². The largest absolute Gasteiger partial charge is 0.347 e. The number of fused-ring (bicyclic) bond motifs is 1. The molecule has 3 aromatic rings. The second kappa shape index (κ2) is 7.90. The molecule has 0 aliphatic heterocycles. The van der Waals surface area contributed by atoms with E-state index in [1.54, 1.807) is 6.20 Å². The Balaban J connectivity index is 2.21. The van der Waals surface area contributed by atoms with Gasteiger partial charge in [-0.2, -0.15) is 0 Å². The van der Waals surface area contributed by atoms with E-state index in [0.717, 1.165) is 22.0 Å². The molecule has 0 bridgehead atoms. The first-order valence-corrected chi connectivity index (χ1v) is 10.1. The highest BCUT2D eigenvalue weighted by Crippen LogP contribution is 2.35. The first-order chi connectivity index (χ1) is 14.0. The maximum absolute atomic E-state index is 13.3. The quantitative estimate of drug-likeness (QED) is 0.614. The van der Waals surface area contributed by atoms with E-state index in [1.165, 1.54) is 0 Å². The molecule has 156 valence electrons. The molecule has 0 aliphatic carbocycles. The smallest absolute Gasteiger partial charge is 0.253 e. The van der Waals surface area contributed by atoms with Gasteiger partial charge < -0.3 is 10.6 Å².